The number of benzene rings is 9. The van der Waals surface area contributed by atoms with Gasteiger partial charge in [0.15, 0.2) is 17.5 Å². The van der Waals surface area contributed by atoms with Gasteiger partial charge in [0, 0.05) is 50.6 Å². The number of aromatic nitrogens is 6. The van der Waals surface area contributed by atoms with Crippen LogP contribution in [0.3, 0.4) is 0 Å². The van der Waals surface area contributed by atoms with E-state index in [0.29, 0.717) is 17.5 Å². The quantitative estimate of drug-likeness (QED) is 0.157. The van der Waals surface area contributed by atoms with Crippen molar-refractivity contribution in [1.82, 2.24) is 29.5 Å². The summed E-state index contributed by atoms with van der Waals surface area (Å²) in [7, 11) is 0. The predicted molar refractivity (Wildman–Crippen MR) is 249 cm³/mol. The molecule has 0 aliphatic rings. The van der Waals surface area contributed by atoms with Crippen molar-refractivity contribution < 1.29 is 0 Å². The van der Waals surface area contributed by atoms with Crippen molar-refractivity contribution in [3.05, 3.63) is 207 Å². The van der Waals surface area contributed by atoms with Crippen LogP contribution in [0.2, 0.25) is 0 Å². The molecule has 12 rings (SSSR count). The van der Waals surface area contributed by atoms with E-state index in [0.717, 1.165) is 99.0 Å². The van der Waals surface area contributed by atoms with Gasteiger partial charge in [-0.15, -0.1) is 0 Å². The Morgan fingerprint density at radius 3 is 1.48 bits per heavy atom. The SMILES string of the molecule is c1ccc(-c2cccc(-c3nc(-c4cccc(-c5ccccc5)c4)nc(-c4ccccc4-n4c5ccccc5c5cc6c7ccccc7c7nccnc7c6cc54)n3)c2)cc1. The molecule has 12 aromatic rings. The maximum absolute atomic E-state index is 5.32. The van der Waals surface area contributed by atoms with Gasteiger partial charge in [-0.3, -0.25) is 9.97 Å². The average molecular weight is 779 g/mol. The van der Waals surface area contributed by atoms with Gasteiger partial charge in [-0.1, -0.05) is 152 Å². The maximum atomic E-state index is 5.32. The van der Waals surface area contributed by atoms with Crippen molar-refractivity contribution in [2.45, 2.75) is 0 Å². The highest BCUT2D eigenvalue weighted by atomic mass is 15.1. The Kier molecular flexibility index (Phi) is 8.06. The first kappa shape index (κ1) is 34.7. The Bertz CT molecular complexity index is 3550. The third-order valence-electron chi connectivity index (χ3n) is 11.7. The van der Waals surface area contributed by atoms with E-state index in [1.807, 2.05) is 12.1 Å². The van der Waals surface area contributed by atoms with E-state index < -0.39 is 0 Å². The van der Waals surface area contributed by atoms with Gasteiger partial charge in [-0.2, -0.15) is 0 Å². The van der Waals surface area contributed by atoms with Gasteiger partial charge >= 0.3 is 0 Å². The van der Waals surface area contributed by atoms with Crippen LogP contribution in [-0.4, -0.2) is 29.5 Å². The second kappa shape index (κ2) is 14.2. The molecule has 0 bridgehead atoms. The molecular formula is C55H34N6. The summed E-state index contributed by atoms with van der Waals surface area (Å²) in [5, 5.41) is 6.76. The second-order valence-corrected chi connectivity index (χ2v) is 15.3. The summed E-state index contributed by atoms with van der Waals surface area (Å²) in [4.78, 5) is 25.6. The molecule has 0 saturated carbocycles. The molecule has 0 radical (unpaired) electrons. The Morgan fingerprint density at radius 1 is 0.295 bits per heavy atom. The molecule has 0 fully saturated rings. The van der Waals surface area contributed by atoms with Crippen LogP contribution in [0.5, 0.6) is 0 Å². The lowest BCUT2D eigenvalue weighted by molar-refractivity contribution is 1.06. The molecule has 0 atom stereocenters. The van der Waals surface area contributed by atoms with Gasteiger partial charge in [0.05, 0.1) is 27.8 Å². The lowest BCUT2D eigenvalue weighted by Gasteiger charge is -2.15. The highest BCUT2D eigenvalue weighted by Gasteiger charge is 2.21. The Morgan fingerprint density at radius 2 is 0.803 bits per heavy atom. The first-order chi connectivity index (χ1) is 30.2. The normalized spacial score (nSPS) is 11.6. The molecule has 0 unspecified atom stereocenters. The summed E-state index contributed by atoms with van der Waals surface area (Å²) < 4.78 is 2.35. The molecule has 0 aliphatic carbocycles. The van der Waals surface area contributed by atoms with Crippen LogP contribution in [0.4, 0.5) is 0 Å². The van der Waals surface area contributed by atoms with Crippen LogP contribution in [0.1, 0.15) is 0 Å². The van der Waals surface area contributed by atoms with Crippen LogP contribution in [0.15, 0.2) is 207 Å². The summed E-state index contributed by atoms with van der Waals surface area (Å²) in [5.74, 6) is 1.78. The molecule has 0 saturated heterocycles. The molecule has 9 aromatic carbocycles. The third-order valence-corrected chi connectivity index (χ3v) is 11.7. The van der Waals surface area contributed by atoms with E-state index >= 15 is 0 Å². The number of hydrogen-bond donors (Lipinski definition) is 0. The highest BCUT2D eigenvalue weighted by Crippen LogP contribution is 2.41. The standard InChI is InChI=1S/C55H34N6/c1-3-15-35(16-4-1)37-19-13-21-39(31-37)53-58-54(40-22-14-20-38(32-40)36-17-5-2-6-18-36)60-55(59-53)44-26-10-12-28-49(44)61-48-27-11-9-24-42(48)46-33-45-41-23-7-8-25-43(41)51-52(57-30-29-56-51)47(45)34-50(46)61/h1-34H. The molecule has 0 amide bonds. The first-order valence-electron chi connectivity index (χ1n) is 20.4. The van der Waals surface area contributed by atoms with Crippen molar-refractivity contribution in [2.24, 2.45) is 0 Å². The minimum absolute atomic E-state index is 0.583. The van der Waals surface area contributed by atoms with Gasteiger partial charge in [0.25, 0.3) is 0 Å². The van der Waals surface area contributed by atoms with E-state index in [1.54, 1.807) is 12.4 Å². The summed E-state index contributed by atoms with van der Waals surface area (Å²) in [6, 6.07) is 67.9. The molecule has 3 heterocycles. The first-order valence-corrected chi connectivity index (χ1v) is 20.4. The minimum Gasteiger partial charge on any atom is -0.308 e. The average Bonchev–Trinajstić information content (AvgIpc) is 3.67. The van der Waals surface area contributed by atoms with E-state index in [4.69, 9.17) is 24.9 Å². The molecule has 0 N–H and O–H groups in total. The summed E-state index contributed by atoms with van der Waals surface area (Å²) >= 11 is 0. The molecule has 61 heavy (non-hydrogen) atoms. The number of fused-ring (bicyclic) bond motifs is 9. The summed E-state index contributed by atoms with van der Waals surface area (Å²) in [6.07, 6.45) is 3.56. The molecular weight excluding hydrogens is 745 g/mol. The predicted octanol–water partition coefficient (Wildman–Crippen LogP) is 13.6. The van der Waals surface area contributed by atoms with Crippen LogP contribution in [0, 0.1) is 0 Å². The lowest BCUT2D eigenvalue weighted by atomic mass is 9.97. The number of para-hydroxylation sites is 2. The second-order valence-electron chi connectivity index (χ2n) is 15.3. The molecule has 6 nitrogen and oxygen atoms in total. The molecule has 0 aliphatic heterocycles. The summed E-state index contributed by atoms with van der Waals surface area (Å²) in [5.41, 5.74) is 12.0. The smallest absolute Gasteiger partial charge is 0.166 e. The van der Waals surface area contributed by atoms with Crippen LogP contribution in [-0.2, 0) is 0 Å². The largest absolute Gasteiger partial charge is 0.308 e. The zero-order valence-corrected chi connectivity index (χ0v) is 32.8. The van der Waals surface area contributed by atoms with Gasteiger partial charge < -0.3 is 4.57 Å². The van der Waals surface area contributed by atoms with Crippen molar-refractivity contribution in [2.75, 3.05) is 0 Å². The van der Waals surface area contributed by atoms with E-state index in [1.165, 1.54) is 0 Å². The lowest BCUT2D eigenvalue weighted by Crippen LogP contribution is -2.03. The Labute approximate surface area is 351 Å². The van der Waals surface area contributed by atoms with Crippen molar-refractivity contribution in [1.29, 1.82) is 0 Å². The van der Waals surface area contributed by atoms with Crippen molar-refractivity contribution >= 4 is 54.4 Å². The van der Waals surface area contributed by atoms with E-state index in [9.17, 15) is 0 Å². The monoisotopic (exact) mass is 778 g/mol. The fourth-order valence-corrected chi connectivity index (χ4v) is 8.90. The van der Waals surface area contributed by atoms with E-state index in [2.05, 4.69) is 187 Å². The van der Waals surface area contributed by atoms with Gasteiger partial charge in [0.1, 0.15) is 0 Å². The van der Waals surface area contributed by atoms with Crippen molar-refractivity contribution in [3.8, 4) is 62.1 Å². The van der Waals surface area contributed by atoms with Gasteiger partial charge in [0.2, 0.25) is 0 Å². The fourth-order valence-electron chi connectivity index (χ4n) is 8.90. The zero-order valence-electron chi connectivity index (χ0n) is 32.8. The third kappa shape index (κ3) is 5.84. The number of hydrogen-bond acceptors (Lipinski definition) is 5. The number of nitrogens with zero attached hydrogens (tertiary/aromatic N) is 6. The highest BCUT2D eigenvalue weighted by molar-refractivity contribution is 6.27. The Balaban J connectivity index is 1.12. The van der Waals surface area contributed by atoms with Crippen LogP contribution < -0.4 is 0 Å². The molecule has 284 valence electrons. The Hall–Kier alpha value is -8.35. The fraction of sp³-hybridized carbons (Fsp3) is 0. The van der Waals surface area contributed by atoms with Gasteiger partial charge in [-0.25, -0.2) is 15.0 Å². The van der Waals surface area contributed by atoms with E-state index in [-0.39, 0.29) is 0 Å². The maximum Gasteiger partial charge on any atom is 0.166 e. The van der Waals surface area contributed by atoms with Crippen LogP contribution in [0.25, 0.3) is 116 Å². The zero-order chi connectivity index (χ0) is 40.3. The minimum atomic E-state index is 0.583. The summed E-state index contributed by atoms with van der Waals surface area (Å²) in [6.45, 7) is 0. The number of rotatable bonds is 6. The van der Waals surface area contributed by atoms with Crippen molar-refractivity contribution in [3.63, 3.8) is 0 Å². The topological polar surface area (TPSA) is 69.4 Å². The molecule has 0 spiro atoms. The van der Waals surface area contributed by atoms with Gasteiger partial charge in [-0.05, 0) is 75.5 Å². The molecule has 6 heteroatoms. The van der Waals surface area contributed by atoms with Crippen LogP contribution >= 0.6 is 0 Å². The molecule has 3 aromatic heterocycles.